The van der Waals surface area contributed by atoms with Crippen molar-refractivity contribution in [1.82, 2.24) is 0 Å². The van der Waals surface area contributed by atoms with Crippen LogP contribution in [0.2, 0.25) is 0 Å². The molecule has 4 nitrogen and oxygen atoms in total. The van der Waals surface area contributed by atoms with Crippen LogP contribution in [0.4, 0.5) is 10.1 Å². The van der Waals surface area contributed by atoms with E-state index in [0.717, 1.165) is 12.1 Å². The molecule has 0 aliphatic rings. The van der Waals surface area contributed by atoms with Crippen LogP contribution >= 0.6 is 0 Å². The first-order valence-corrected chi connectivity index (χ1v) is 9.11. The van der Waals surface area contributed by atoms with Crippen LogP contribution in [0.1, 0.15) is 20.8 Å². The maximum Gasteiger partial charge on any atom is 0.264 e. The lowest BCUT2D eigenvalue weighted by Crippen LogP contribution is -2.35. The van der Waals surface area contributed by atoms with Crippen molar-refractivity contribution >= 4 is 15.7 Å². The van der Waals surface area contributed by atoms with Crippen LogP contribution in [-0.4, -0.2) is 27.2 Å². The Morgan fingerprint density at radius 1 is 1.00 bits per heavy atom. The predicted molar refractivity (Wildman–Crippen MR) is 93.1 cm³/mol. The van der Waals surface area contributed by atoms with Gasteiger partial charge >= 0.3 is 0 Å². The maximum atomic E-state index is 13.1. The molecule has 0 aliphatic heterocycles. The Bertz CT molecular complexity index is 753. The monoisotopic (exact) mass is 351 g/mol. The number of benzene rings is 2. The predicted octanol–water partition coefficient (Wildman–Crippen LogP) is 3.84. The summed E-state index contributed by atoms with van der Waals surface area (Å²) < 4.78 is 45.9. The van der Waals surface area contributed by atoms with Crippen molar-refractivity contribution in [2.75, 3.05) is 17.5 Å². The number of ether oxygens (including phenoxy) is 1. The Kier molecular flexibility index (Phi) is 5.62. The molecule has 24 heavy (non-hydrogen) atoms. The van der Waals surface area contributed by atoms with Gasteiger partial charge in [-0.05, 0) is 57.2 Å². The highest BCUT2D eigenvalue weighted by atomic mass is 32.2. The largest absolute Gasteiger partial charge is 0.374 e. The van der Waals surface area contributed by atoms with Crippen molar-refractivity contribution in [1.29, 1.82) is 0 Å². The average molecular weight is 351 g/mol. The Labute approximate surface area is 142 Å². The fourth-order valence-electron chi connectivity index (χ4n) is 2.15. The van der Waals surface area contributed by atoms with E-state index in [-0.39, 0.29) is 23.6 Å². The molecule has 0 saturated carbocycles. The summed E-state index contributed by atoms with van der Waals surface area (Å²) >= 11 is 0. The van der Waals surface area contributed by atoms with Crippen molar-refractivity contribution in [2.24, 2.45) is 0 Å². The summed E-state index contributed by atoms with van der Waals surface area (Å²) in [5, 5.41) is 0. The number of sulfonamides is 1. The molecule has 0 amide bonds. The van der Waals surface area contributed by atoms with E-state index in [1.54, 1.807) is 24.3 Å². The van der Waals surface area contributed by atoms with E-state index in [1.807, 2.05) is 26.8 Å². The first kappa shape index (κ1) is 18.4. The van der Waals surface area contributed by atoms with Crippen molar-refractivity contribution < 1.29 is 17.5 Å². The average Bonchev–Trinajstić information content (AvgIpc) is 2.51. The molecule has 2 aromatic rings. The van der Waals surface area contributed by atoms with Crippen molar-refractivity contribution in [3.05, 3.63) is 60.4 Å². The summed E-state index contributed by atoms with van der Waals surface area (Å²) in [6.07, 6.45) is 0. The minimum atomic E-state index is -3.80. The van der Waals surface area contributed by atoms with Gasteiger partial charge in [-0.2, -0.15) is 0 Å². The summed E-state index contributed by atoms with van der Waals surface area (Å²) in [5.74, 6) is -0.476. The standard InChI is InChI=1S/C18H22FNO3S/c1-18(2,3)23-14-13-20(16-7-5-4-6-8-16)24(21,22)17-11-9-15(19)10-12-17/h4-12H,13-14H2,1-3H3. The molecule has 0 aromatic heterocycles. The topological polar surface area (TPSA) is 46.6 Å². The zero-order valence-electron chi connectivity index (χ0n) is 14.1. The molecule has 0 atom stereocenters. The Balaban J connectivity index is 2.32. The van der Waals surface area contributed by atoms with Gasteiger partial charge in [0.15, 0.2) is 0 Å². The van der Waals surface area contributed by atoms with Gasteiger partial charge in [-0.15, -0.1) is 0 Å². The maximum absolute atomic E-state index is 13.1. The third-order valence-electron chi connectivity index (χ3n) is 3.28. The summed E-state index contributed by atoms with van der Waals surface area (Å²) in [4.78, 5) is 0.0449. The molecule has 0 radical (unpaired) electrons. The fraction of sp³-hybridized carbons (Fsp3) is 0.333. The molecule has 6 heteroatoms. The van der Waals surface area contributed by atoms with Crippen LogP contribution < -0.4 is 4.31 Å². The van der Waals surface area contributed by atoms with E-state index >= 15 is 0 Å². The highest BCUT2D eigenvalue weighted by Gasteiger charge is 2.25. The van der Waals surface area contributed by atoms with Gasteiger partial charge < -0.3 is 4.74 Å². The number of halogens is 1. The number of anilines is 1. The minimum absolute atomic E-state index is 0.0449. The smallest absolute Gasteiger partial charge is 0.264 e. The van der Waals surface area contributed by atoms with Crippen LogP contribution in [0.3, 0.4) is 0 Å². The van der Waals surface area contributed by atoms with Crippen LogP contribution in [0.25, 0.3) is 0 Å². The number of hydrogen-bond donors (Lipinski definition) is 0. The van der Waals surface area contributed by atoms with E-state index < -0.39 is 15.8 Å². The van der Waals surface area contributed by atoms with Gasteiger partial charge in [0.05, 0.1) is 29.3 Å². The lowest BCUT2D eigenvalue weighted by atomic mass is 10.2. The number of nitrogens with zero attached hydrogens (tertiary/aromatic N) is 1. The second-order valence-corrected chi connectivity index (χ2v) is 8.19. The second kappa shape index (κ2) is 7.32. The van der Waals surface area contributed by atoms with Crippen molar-refractivity contribution in [3.8, 4) is 0 Å². The van der Waals surface area contributed by atoms with Gasteiger partial charge in [0, 0.05) is 0 Å². The molecule has 2 aromatic carbocycles. The molecule has 0 spiro atoms. The molecule has 0 bridgehead atoms. The fourth-order valence-corrected chi connectivity index (χ4v) is 3.60. The van der Waals surface area contributed by atoms with Crippen molar-refractivity contribution in [3.63, 3.8) is 0 Å². The Hall–Kier alpha value is -1.92. The van der Waals surface area contributed by atoms with Gasteiger partial charge in [-0.25, -0.2) is 12.8 Å². The highest BCUT2D eigenvalue weighted by molar-refractivity contribution is 7.92. The molecule has 130 valence electrons. The van der Waals surface area contributed by atoms with Gasteiger partial charge in [-0.1, -0.05) is 18.2 Å². The zero-order valence-corrected chi connectivity index (χ0v) is 14.9. The first-order valence-electron chi connectivity index (χ1n) is 7.67. The number of rotatable bonds is 6. The van der Waals surface area contributed by atoms with Crippen LogP contribution in [0.5, 0.6) is 0 Å². The molecule has 0 heterocycles. The molecule has 0 fully saturated rings. The molecule has 0 aliphatic carbocycles. The molecule has 0 N–H and O–H groups in total. The van der Waals surface area contributed by atoms with E-state index in [1.165, 1.54) is 16.4 Å². The normalized spacial score (nSPS) is 12.2. The van der Waals surface area contributed by atoms with Crippen molar-refractivity contribution in [2.45, 2.75) is 31.3 Å². The molecular weight excluding hydrogens is 329 g/mol. The summed E-state index contributed by atoms with van der Waals surface area (Å²) in [6, 6.07) is 13.6. The van der Waals surface area contributed by atoms with E-state index in [4.69, 9.17) is 4.74 Å². The Morgan fingerprint density at radius 3 is 2.12 bits per heavy atom. The quantitative estimate of drug-likeness (QED) is 0.794. The van der Waals surface area contributed by atoms with Gasteiger partial charge in [0.25, 0.3) is 10.0 Å². The lowest BCUT2D eigenvalue weighted by molar-refractivity contribution is 0.00232. The Morgan fingerprint density at radius 2 is 1.58 bits per heavy atom. The highest BCUT2D eigenvalue weighted by Crippen LogP contribution is 2.23. The summed E-state index contributed by atoms with van der Waals surface area (Å²) in [5.41, 5.74) is 0.182. The van der Waals surface area contributed by atoms with E-state index in [9.17, 15) is 12.8 Å². The van der Waals surface area contributed by atoms with Crippen LogP contribution in [-0.2, 0) is 14.8 Å². The van der Waals surface area contributed by atoms with Crippen LogP contribution in [0, 0.1) is 5.82 Å². The van der Waals surface area contributed by atoms with Gasteiger partial charge in [0.1, 0.15) is 5.82 Å². The van der Waals surface area contributed by atoms with Gasteiger partial charge in [0.2, 0.25) is 0 Å². The first-order chi connectivity index (χ1) is 11.2. The molecular formula is C18H22FNO3S. The lowest BCUT2D eigenvalue weighted by Gasteiger charge is -2.27. The molecule has 0 saturated heterocycles. The van der Waals surface area contributed by atoms with Gasteiger partial charge in [-0.3, -0.25) is 4.31 Å². The van der Waals surface area contributed by atoms with E-state index in [0.29, 0.717) is 5.69 Å². The number of hydrogen-bond acceptors (Lipinski definition) is 3. The summed E-state index contributed by atoms with van der Waals surface area (Å²) in [7, 11) is -3.80. The summed E-state index contributed by atoms with van der Waals surface area (Å²) in [6.45, 7) is 6.15. The zero-order chi connectivity index (χ0) is 17.8. The third-order valence-corrected chi connectivity index (χ3v) is 5.12. The third kappa shape index (κ3) is 4.79. The van der Waals surface area contributed by atoms with Crippen LogP contribution in [0.15, 0.2) is 59.5 Å². The number of para-hydroxylation sites is 1. The van der Waals surface area contributed by atoms with E-state index in [2.05, 4.69) is 0 Å². The molecule has 2 rings (SSSR count). The molecule has 0 unspecified atom stereocenters. The SMILES string of the molecule is CC(C)(C)OCCN(c1ccccc1)S(=O)(=O)c1ccc(F)cc1. The second-order valence-electron chi connectivity index (χ2n) is 6.33. The minimum Gasteiger partial charge on any atom is -0.374 e.